The number of hydrogen-bond acceptors (Lipinski definition) is 4. The van der Waals surface area contributed by atoms with Crippen LogP contribution in [0.25, 0.3) is 0 Å². The van der Waals surface area contributed by atoms with Crippen LogP contribution < -0.4 is 11.1 Å². The smallest absolute Gasteiger partial charge is 0.195 e. The Balaban J connectivity index is 1.41. The van der Waals surface area contributed by atoms with Gasteiger partial charge in [-0.1, -0.05) is 24.3 Å². The molecule has 0 spiro atoms. The minimum atomic E-state index is -0.783. The van der Waals surface area contributed by atoms with Gasteiger partial charge in [0.2, 0.25) is 0 Å². The van der Waals surface area contributed by atoms with Gasteiger partial charge in [0, 0.05) is 30.9 Å². The second kappa shape index (κ2) is 8.59. The van der Waals surface area contributed by atoms with Crippen molar-refractivity contribution in [2.24, 2.45) is 4.99 Å². The lowest BCUT2D eigenvalue weighted by molar-refractivity contribution is -0.172. The van der Waals surface area contributed by atoms with E-state index < -0.39 is 5.79 Å². The molecule has 5 nitrogen and oxygen atoms in total. The van der Waals surface area contributed by atoms with Gasteiger partial charge >= 0.3 is 0 Å². The van der Waals surface area contributed by atoms with Crippen LogP contribution in [0.3, 0.4) is 0 Å². The summed E-state index contributed by atoms with van der Waals surface area (Å²) in [5.41, 5.74) is 8.23. The molecule has 150 valence electrons. The summed E-state index contributed by atoms with van der Waals surface area (Å²) in [6.07, 6.45) is 5.54. The molecule has 0 unspecified atom stereocenters. The molecular weight excluding hydrogens is 369 g/mol. The molecule has 0 aliphatic carbocycles. The van der Waals surface area contributed by atoms with Crippen molar-refractivity contribution in [1.29, 1.82) is 0 Å². The van der Waals surface area contributed by atoms with Crippen LogP contribution in [0.15, 0.2) is 78.0 Å². The SMILES string of the molecule is Nc1ccccc1N=c1ccn(CCCC2(c3ccc(F)cc3)OCCO2)cc1. The summed E-state index contributed by atoms with van der Waals surface area (Å²) in [6.45, 7) is 1.90. The lowest BCUT2D eigenvalue weighted by atomic mass is 10.0. The number of aromatic nitrogens is 1. The molecule has 1 fully saturated rings. The van der Waals surface area contributed by atoms with Gasteiger partial charge in [-0.25, -0.2) is 9.38 Å². The number of halogens is 1. The van der Waals surface area contributed by atoms with Crippen LogP contribution in [0.5, 0.6) is 0 Å². The molecule has 1 saturated heterocycles. The molecule has 0 radical (unpaired) electrons. The Morgan fingerprint density at radius 1 is 0.966 bits per heavy atom. The lowest BCUT2D eigenvalue weighted by Crippen LogP contribution is -2.27. The number of ether oxygens (including phenoxy) is 2. The van der Waals surface area contributed by atoms with Crippen molar-refractivity contribution in [1.82, 2.24) is 4.57 Å². The number of pyridine rings is 1. The normalized spacial score (nSPS) is 15.3. The maximum atomic E-state index is 13.3. The highest BCUT2D eigenvalue weighted by atomic mass is 19.1. The first-order chi connectivity index (χ1) is 14.1. The van der Waals surface area contributed by atoms with E-state index in [0.29, 0.717) is 25.3 Å². The maximum Gasteiger partial charge on any atom is 0.195 e. The third-order valence-electron chi connectivity index (χ3n) is 5.02. The zero-order valence-electron chi connectivity index (χ0n) is 16.1. The highest BCUT2D eigenvalue weighted by molar-refractivity contribution is 5.61. The average molecular weight is 393 g/mol. The minimum Gasteiger partial charge on any atom is -0.397 e. The van der Waals surface area contributed by atoms with E-state index in [1.54, 1.807) is 12.1 Å². The maximum absolute atomic E-state index is 13.3. The predicted molar refractivity (Wildman–Crippen MR) is 110 cm³/mol. The number of rotatable bonds is 6. The van der Waals surface area contributed by atoms with Crippen molar-refractivity contribution < 1.29 is 13.9 Å². The molecule has 0 saturated carbocycles. The van der Waals surface area contributed by atoms with Gasteiger partial charge in [-0.3, -0.25) is 0 Å². The number of nitrogen functional groups attached to an aromatic ring is 1. The molecule has 4 rings (SSSR count). The summed E-state index contributed by atoms with van der Waals surface area (Å²) in [7, 11) is 0. The van der Waals surface area contributed by atoms with Crippen molar-refractivity contribution in [3.8, 4) is 0 Å². The Labute approximate surface area is 169 Å². The molecular formula is C23H24FN3O2. The number of hydrogen-bond donors (Lipinski definition) is 1. The monoisotopic (exact) mass is 393 g/mol. The van der Waals surface area contributed by atoms with Crippen LogP contribution in [0.1, 0.15) is 18.4 Å². The van der Waals surface area contributed by atoms with E-state index in [9.17, 15) is 4.39 Å². The van der Waals surface area contributed by atoms with Gasteiger partial charge in [-0.2, -0.15) is 0 Å². The number of nitrogens with two attached hydrogens (primary N) is 1. The fourth-order valence-corrected chi connectivity index (χ4v) is 3.51. The molecule has 29 heavy (non-hydrogen) atoms. The van der Waals surface area contributed by atoms with Gasteiger partial charge in [0.1, 0.15) is 5.82 Å². The first-order valence-corrected chi connectivity index (χ1v) is 9.74. The quantitative estimate of drug-likeness (QED) is 0.641. The van der Waals surface area contributed by atoms with Crippen LogP contribution in [-0.2, 0) is 21.8 Å². The Bertz CT molecular complexity index is 1000. The summed E-state index contributed by atoms with van der Waals surface area (Å²) in [4.78, 5) is 4.57. The predicted octanol–water partition coefficient (Wildman–Crippen LogP) is 4.12. The summed E-state index contributed by atoms with van der Waals surface area (Å²) in [5.74, 6) is -1.05. The zero-order valence-corrected chi connectivity index (χ0v) is 16.1. The Morgan fingerprint density at radius 2 is 1.66 bits per heavy atom. The highest BCUT2D eigenvalue weighted by Crippen LogP contribution is 2.36. The molecule has 1 aromatic heterocycles. The Morgan fingerprint density at radius 3 is 2.34 bits per heavy atom. The van der Waals surface area contributed by atoms with Gasteiger partial charge in [-0.05, 0) is 42.8 Å². The van der Waals surface area contributed by atoms with E-state index in [1.165, 1.54) is 12.1 Å². The third-order valence-corrected chi connectivity index (χ3v) is 5.02. The second-order valence-electron chi connectivity index (χ2n) is 7.03. The van der Waals surface area contributed by atoms with E-state index >= 15 is 0 Å². The van der Waals surface area contributed by atoms with E-state index in [-0.39, 0.29) is 5.82 Å². The van der Waals surface area contributed by atoms with Crippen LogP contribution in [0.4, 0.5) is 15.8 Å². The molecule has 0 amide bonds. The molecule has 1 aliphatic heterocycles. The average Bonchev–Trinajstić information content (AvgIpc) is 3.21. The van der Waals surface area contributed by atoms with E-state index in [4.69, 9.17) is 15.2 Å². The number of aryl methyl sites for hydroxylation is 1. The topological polar surface area (TPSA) is 61.8 Å². The minimum absolute atomic E-state index is 0.264. The molecule has 2 aromatic carbocycles. The molecule has 1 aliphatic rings. The van der Waals surface area contributed by atoms with Gasteiger partial charge < -0.3 is 19.8 Å². The molecule has 6 heteroatoms. The standard InChI is InChI=1S/C23H24FN3O2/c24-19-8-6-18(7-9-19)23(28-16-17-29-23)12-3-13-27-14-10-20(11-15-27)26-22-5-2-1-4-21(22)25/h1-2,4-11,14-15H,3,12-13,16-17,25H2. The first kappa shape index (κ1) is 19.4. The fourth-order valence-electron chi connectivity index (χ4n) is 3.51. The van der Waals surface area contributed by atoms with E-state index in [1.807, 2.05) is 48.8 Å². The van der Waals surface area contributed by atoms with Crippen molar-refractivity contribution in [2.45, 2.75) is 25.2 Å². The summed E-state index contributed by atoms with van der Waals surface area (Å²) >= 11 is 0. The molecule has 0 atom stereocenters. The van der Waals surface area contributed by atoms with Crippen LogP contribution in [0, 0.1) is 5.82 Å². The molecule has 2 N–H and O–H groups in total. The number of benzene rings is 2. The first-order valence-electron chi connectivity index (χ1n) is 9.74. The van der Waals surface area contributed by atoms with Gasteiger partial charge in [0.05, 0.1) is 29.9 Å². The number of nitrogens with zero attached hydrogens (tertiary/aromatic N) is 2. The van der Waals surface area contributed by atoms with Crippen molar-refractivity contribution in [2.75, 3.05) is 18.9 Å². The molecule has 2 heterocycles. The number of para-hydroxylation sites is 2. The van der Waals surface area contributed by atoms with Crippen molar-refractivity contribution >= 4 is 11.4 Å². The van der Waals surface area contributed by atoms with Crippen molar-refractivity contribution in [3.63, 3.8) is 0 Å². The molecule has 0 bridgehead atoms. The van der Waals surface area contributed by atoms with Crippen molar-refractivity contribution in [3.05, 3.63) is 89.8 Å². The van der Waals surface area contributed by atoms with Gasteiger partial charge in [0.15, 0.2) is 5.79 Å². The van der Waals surface area contributed by atoms with Gasteiger partial charge in [-0.15, -0.1) is 0 Å². The highest BCUT2D eigenvalue weighted by Gasteiger charge is 2.37. The second-order valence-corrected chi connectivity index (χ2v) is 7.03. The van der Waals surface area contributed by atoms with Crippen LogP contribution >= 0.6 is 0 Å². The molecule has 3 aromatic rings. The summed E-state index contributed by atoms with van der Waals surface area (Å²) in [6, 6.07) is 17.8. The van der Waals surface area contributed by atoms with Gasteiger partial charge in [0.25, 0.3) is 0 Å². The van der Waals surface area contributed by atoms with E-state index in [0.717, 1.165) is 29.6 Å². The lowest BCUT2D eigenvalue weighted by Gasteiger charge is -2.28. The fraction of sp³-hybridized carbons (Fsp3) is 0.261. The van der Waals surface area contributed by atoms with Crippen LogP contribution in [-0.4, -0.2) is 17.8 Å². The Kier molecular flexibility index (Phi) is 5.74. The third kappa shape index (κ3) is 4.55. The largest absolute Gasteiger partial charge is 0.397 e. The Hall–Kier alpha value is -2.96. The summed E-state index contributed by atoms with van der Waals surface area (Å²) < 4.78 is 27.2. The summed E-state index contributed by atoms with van der Waals surface area (Å²) in [5, 5.41) is 0.851. The van der Waals surface area contributed by atoms with Crippen LogP contribution in [0.2, 0.25) is 0 Å². The zero-order chi connectivity index (χ0) is 20.1. The van der Waals surface area contributed by atoms with E-state index in [2.05, 4.69) is 9.56 Å². The number of anilines is 1.